The molecule has 0 fully saturated rings. The predicted molar refractivity (Wildman–Crippen MR) is 56.0 cm³/mol. The standard InChI is InChI=1S/C10H14ClNO2/c1-7-6-12(4-5-14-3)8(2)9(7)10(11)13/h6H,4-5H2,1-3H3. The van der Waals surface area contributed by atoms with Crippen LogP contribution in [0.3, 0.4) is 0 Å². The van der Waals surface area contributed by atoms with E-state index in [1.807, 2.05) is 24.6 Å². The molecule has 0 aliphatic heterocycles. The highest BCUT2D eigenvalue weighted by Crippen LogP contribution is 2.18. The molecule has 0 spiro atoms. The van der Waals surface area contributed by atoms with E-state index in [0.29, 0.717) is 12.2 Å². The first-order valence-electron chi connectivity index (χ1n) is 4.43. The van der Waals surface area contributed by atoms with Crippen molar-refractivity contribution in [3.8, 4) is 0 Å². The van der Waals surface area contributed by atoms with Crippen molar-refractivity contribution in [1.29, 1.82) is 0 Å². The average Bonchev–Trinajstić information content (AvgIpc) is 2.38. The van der Waals surface area contributed by atoms with Gasteiger partial charge in [-0.05, 0) is 31.0 Å². The zero-order valence-corrected chi connectivity index (χ0v) is 9.39. The topological polar surface area (TPSA) is 31.2 Å². The van der Waals surface area contributed by atoms with Gasteiger partial charge in [0.1, 0.15) is 0 Å². The number of nitrogens with zero attached hydrogens (tertiary/aromatic N) is 1. The van der Waals surface area contributed by atoms with Gasteiger partial charge in [-0.3, -0.25) is 4.79 Å². The number of methoxy groups -OCH3 is 1. The van der Waals surface area contributed by atoms with Gasteiger partial charge in [0.15, 0.2) is 0 Å². The van der Waals surface area contributed by atoms with Crippen LogP contribution in [0.1, 0.15) is 21.6 Å². The van der Waals surface area contributed by atoms with Gasteiger partial charge in [0.2, 0.25) is 0 Å². The van der Waals surface area contributed by atoms with Gasteiger partial charge in [0.05, 0.1) is 12.2 Å². The van der Waals surface area contributed by atoms with E-state index in [1.54, 1.807) is 7.11 Å². The molecule has 0 aliphatic carbocycles. The Balaban J connectivity index is 2.98. The van der Waals surface area contributed by atoms with Crippen LogP contribution >= 0.6 is 11.6 Å². The van der Waals surface area contributed by atoms with Crippen LogP contribution in [0.25, 0.3) is 0 Å². The summed E-state index contributed by atoms with van der Waals surface area (Å²) in [6, 6.07) is 0. The number of halogens is 1. The minimum absolute atomic E-state index is 0.392. The SMILES string of the molecule is COCCn1cc(C)c(C(=O)Cl)c1C. The van der Waals surface area contributed by atoms with Crippen LogP contribution in [0.15, 0.2) is 6.20 Å². The Morgan fingerprint density at radius 1 is 1.57 bits per heavy atom. The summed E-state index contributed by atoms with van der Waals surface area (Å²) >= 11 is 5.48. The van der Waals surface area contributed by atoms with Gasteiger partial charge >= 0.3 is 0 Å². The van der Waals surface area contributed by atoms with Gasteiger partial charge < -0.3 is 9.30 Å². The molecule has 1 aromatic rings. The molecule has 0 bridgehead atoms. The molecule has 78 valence electrons. The third-order valence-electron chi connectivity index (χ3n) is 2.27. The minimum Gasteiger partial charge on any atom is -0.383 e. The molecule has 0 saturated heterocycles. The second-order valence-electron chi connectivity index (χ2n) is 3.23. The molecule has 0 unspecified atom stereocenters. The van der Waals surface area contributed by atoms with Crippen LogP contribution in [-0.4, -0.2) is 23.5 Å². The van der Waals surface area contributed by atoms with Crippen LogP contribution in [-0.2, 0) is 11.3 Å². The van der Waals surface area contributed by atoms with Gasteiger partial charge in [0, 0.05) is 25.5 Å². The maximum absolute atomic E-state index is 11.1. The van der Waals surface area contributed by atoms with E-state index < -0.39 is 5.24 Å². The number of ether oxygens (including phenoxy) is 1. The molecular weight excluding hydrogens is 202 g/mol. The van der Waals surface area contributed by atoms with E-state index in [0.717, 1.165) is 17.8 Å². The molecule has 3 nitrogen and oxygen atoms in total. The van der Waals surface area contributed by atoms with Crippen LogP contribution < -0.4 is 0 Å². The summed E-state index contributed by atoms with van der Waals surface area (Å²) in [7, 11) is 1.65. The molecule has 0 aromatic carbocycles. The van der Waals surface area contributed by atoms with Gasteiger partial charge in [-0.2, -0.15) is 0 Å². The number of hydrogen-bond donors (Lipinski definition) is 0. The molecule has 0 N–H and O–H groups in total. The molecule has 0 atom stereocenters. The van der Waals surface area contributed by atoms with E-state index in [1.165, 1.54) is 0 Å². The maximum Gasteiger partial charge on any atom is 0.254 e. The van der Waals surface area contributed by atoms with Gasteiger partial charge in [0.25, 0.3) is 5.24 Å². The van der Waals surface area contributed by atoms with Crippen molar-refractivity contribution in [2.75, 3.05) is 13.7 Å². The average molecular weight is 216 g/mol. The summed E-state index contributed by atoms with van der Waals surface area (Å²) in [6.45, 7) is 5.14. The quantitative estimate of drug-likeness (QED) is 0.721. The zero-order valence-electron chi connectivity index (χ0n) is 8.63. The van der Waals surface area contributed by atoms with E-state index in [4.69, 9.17) is 16.3 Å². The van der Waals surface area contributed by atoms with E-state index in [2.05, 4.69) is 0 Å². The van der Waals surface area contributed by atoms with E-state index in [-0.39, 0.29) is 0 Å². The van der Waals surface area contributed by atoms with Gasteiger partial charge in [-0.15, -0.1) is 0 Å². The highest BCUT2D eigenvalue weighted by molar-refractivity contribution is 6.68. The molecule has 14 heavy (non-hydrogen) atoms. The Morgan fingerprint density at radius 2 is 2.21 bits per heavy atom. The highest BCUT2D eigenvalue weighted by Gasteiger charge is 2.14. The summed E-state index contributed by atoms with van der Waals surface area (Å²) < 4.78 is 6.95. The van der Waals surface area contributed by atoms with Crippen molar-refractivity contribution >= 4 is 16.8 Å². The van der Waals surface area contributed by atoms with E-state index >= 15 is 0 Å². The Bertz CT molecular complexity index is 344. The molecule has 1 heterocycles. The maximum atomic E-state index is 11.1. The molecule has 1 rings (SSSR count). The first-order chi connectivity index (χ1) is 6.57. The third kappa shape index (κ3) is 2.16. The van der Waals surface area contributed by atoms with Crippen LogP contribution in [0.4, 0.5) is 0 Å². The van der Waals surface area contributed by atoms with Crippen LogP contribution in [0.5, 0.6) is 0 Å². The fourth-order valence-corrected chi connectivity index (χ4v) is 1.83. The van der Waals surface area contributed by atoms with Crippen molar-refractivity contribution in [3.63, 3.8) is 0 Å². The lowest BCUT2D eigenvalue weighted by Gasteiger charge is -2.04. The second kappa shape index (κ2) is 4.62. The fraction of sp³-hybridized carbons (Fsp3) is 0.500. The van der Waals surface area contributed by atoms with Crippen molar-refractivity contribution < 1.29 is 9.53 Å². The number of carbonyl (C=O) groups is 1. The Morgan fingerprint density at radius 3 is 2.64 bits per heavy atom. The summed E-state index contributed by atoms with van der Waals surface area (Å²) in [4.78, 5) is 11.1. The highest BCUT2D eigenvalue weighted by atomic mass is 35.5. The molecule has 4 heteroatoms. The van der Waals surface area contributed by atoms with Gasteiger partial charge in [-0.1, -0.05) is 0 Å². The summed E-state index contributed by atoms with van der Waals surface area (Å²) in [6.07, 6.45) is 1.92. The van der Waals surface area contributed by atoms with Crippen molar-refractivity contribution in [2.45, 2.75) is 20.4 Å². The number of hydrogen-bond acceptors (Lipinski definition) is 2. The molecule has 0 saturated carbocycles. The summed E-state index contributed by atoms with van der Waals surface area (Å²) in [5, 5.41) is -0.392. The lowest BCUT2D eigenvalue weighted by molar-refractivity contribution is 0.108. The van der Waals surface area contributed by atoms with Crippen molar-refractivity contribution in [3.05, 3.63) is 23.0 Å². The molecule has 1 aromatic heterocycles. The van der Waals surface area contributed by atoms with Crippen molar-refractivity contribution in [2.24, 2.45) is 0 Å². The Kier molecular flexibility index (Phi) is 3.72. The first-order valence-corrected chi connectivity index (χ1v) is 4.80. The van der Waals surface area contributed by atoms with Crippen molar-refractivity contribution in [1.82, 2.24) is 4.57 Å². The lowest BCUT2D eigenvalue weighted by Crippen LogP contribution is -2.05. The smallest absolute Gasteiger partial charge is 0.254 e. The fourth-order valence-electron chi connectivity index (χ4n) is 1.54. The Labute approximate surface area is 88.6 Å². The lowest BCUT2D eigenvalue weighted by atomic mass is 10.2. The molecular formula is C10H14ClNO2. The first kappa shape index (κ1) is 11.3. The predicted octanol–water partition coefficient (Wildman–Crippen LogP) is 2.13. The van der Waals surface area contributed by atoms with Crippen LogP contribution in [0.2, 0.25) is 0 Å². The minimum atomic E-state index is -0.392. The zero-order chi connectivity index (χ0) is 10.7. The van der Waals surface area contributed by atoms with Crippen LogP contribution in [0, 0.1) is 13.8 Å². The summed E-state index contributed by atoms with van der Waals surface area (Å²) in [5.74, 6) is 0. The number of rotatable bonds is 4. The summed E-state index contributed by atoms with van der Waals surface area (Å²) in [5.41, 5.74) is 2.43. The number of aromatic nitrogens is 1. The molecule has 0 radical (unpaired) electrons. The largest absolute Gasteiger partial charge is 0.383 e. The number of carbonyl (C=O) groups excluding carboxylic acids is 1. The van der Waals surface area contributed by atoms with E-state index in [9.17, 15) is 4.79 Å². The normalized spacial score (nSPS) is 10.6. The monoisotopic (exact) mass is 215 g/mol. The molecule has 0 amide bonds. The van der Waals surface area contributed by atoms with Gasteiger partial charge in [-0.25, -0.2) is 0 Å². The number of aryl methyl sites for hydroxylation is 1. The Hall–Kier alpha value is -0.800. The molecule has 0 aliphatic rings. The third-order valence-corrected chi connectivity index (χ3v) is 2.46. The second-order valence-corrected chi connectivity index (χ2v) is 3.58.